The first kappa shape index (κ1) is 14.4. The molecule has 3 N–H and O–H groups in total. The SMILES string of the molecule is CC[C@]1(C)NN=C2C(=CC=C3NN[C@@](C)(CC)N32)n2cccc21. The zero-order valence-corrected chi connectivity index (χ0v) is 14.1. The van der Waals surface area contributed by atoms with Crippen LogP contribution >= 0.6 is 0 Å². The van der Waals surface area contributed by atoms with Crippen molar-refractivity contribution in [3.8, 4) is 0 Å². The van der Waals surface area contributed by atoms with E-state index in [1.54, 1.807) is 0 Å². The molecule has 4 rings (SSSR count). The molecule has 0 radical (unpaired) electrons. The average molecular weight is 312 g/mol. The number of hydrogen-bond donors (Lipinski definition) is 3. The fraction of sp³-hybridized carbons (Fsp3) is 0.471. The minimum Gasteiger partial charge on any atom is -0.315 e. The Morgan fingerprint density at radius 2 is 2.00 bits per heavy atom. The van der Waals surface area contributed by atoms with Crippen LogP contribution in [-0.2, 0) is 5.54 Å². The van der Waals surface area contributed by atoms with Crippen molar-refractivity contribution in [2.75, 3.05) is 0 Å². The highest BCUT2D eigenvalue weighted by Crippen LogP contribution is 2.36. The predicted octanol–water partition coefficient (Wildman–Crippen LogP) is 2.26. The third-order valence-corrected chi connectivity index (χ3v) is 5.41. The molecule has 1 aromatic rings. The van der Waals surface area contributed by atoms with Gasteiger partial charge in [0, 0.05) is 11.9 Å². The molecule has 0 aromatic carbocycles. The van der Waals surface area contributed by atoms with Gasteiger partial charge in [0.2, 0.25) is 0 Å². The number of hydrazine groups is 1. The van der Waals surface area contributed by atoms with E-state index in [9.17, 15) is 0 Å². The summed E-state index contributed by atoms with van der Waals surface area (Å²) < 4.78 is 2.25. The van der Waals surface area contributed by atoms with E-state index in [1.807, 2.05) is 0 Å². The van der Waals surface area contributed by atoms with E-state index in [2.05, 4.69) is 83.9 Å². The first-order chi connectivity index (χ1) is 11.0. The molecule has 1 fully saturated rings. The molecule has 0 aliphatic carbocycles. The van der Waals surface area contributed by atoms with Crippen LogP contribution in [0.2, 0.25) is 0 Å². The minimum atomic E-state index is -0.202. The highest BCUT2D eigenvalue weighted by atomic mass is 15.6. The average Bonchev–Trinajstić information content (AvgIpc) is 3.16. The van der Waals surface area contributed by atoms with Crippen molar-refractivity contribution < 1.29 is 0 Å². The van der Waals surface area contributed by atoms with Gasteiger partial charge in [-0.3, -0.25) is 10.3 Å². The molecule has 0 spiro atoms. The molecule has 3 aliphatic heterocycles. The Hall–Kier alpha value is -2.21. The van der Waals surface area contributed by atoms with Gasteiger partial charge in [-0.25, -0.2) is 5.43 Å². The molecule has 6 nitrogen and oxygen atoms in total. The smallest absolute Gasteiger partial charge is 0.179 e. The zero-order valence-electron chi connectivity index (χ0n) is 14.1. The molecular weight excluding hydrogens is 288 g/mol. The van der Waals surface area contributed by atoms with Crippen molar-refractivity contribution in [3.63, 3.8) is 0 Å². The van der Waals surface area contributed by atoms with E-state index in [0.717, 1.165) is 30.2 Å². The third-order valence-electron chi connectivity index (χ3n) is 5.41. The van der Waals surface area contributed by atoms with Crippen LogP contribution in [-0.4, -0.2) is 21.0 Å². The first-order valence-corrected chi connectivity index (χ1v) is 8.31. The van der Waals surface area contributed by atoms with Gasteiger partial charge in [0.15, 0.2) is 5.84 Å². The second kappa shape index (κ2) is 4.64. The fourth-order valence-corrected chi connectivity index (χ4v) is 3.46. The summed E-state index contributed by atoms with van der Waals surface area (Å²) in [5, 5.41) is 4.82. The van der Waals surface area contributed by atoms with Crippen molar-refractivity contribution >= 4 is 11.5 Å². The summed E-state index contributed by atoms with van der Waals surface area (Å²) >= 11 is 0. The van der Waals surface area contributed by atoms with E-state index < -0.39 is 0 Å². The Morgan fingerprint density at radius 3 is 2.74 bits per heavy atom. The predicted molar refractivity (Wildman–Crippen MR) is 91.8 cm³/mol. The number of hydrogen-bond acceptors (Lipinski definition) is 5. The summed E-state index contributed by atoms with van der Waals surface area (Å²) in [6, 6.07) is 4.28. The molecule has 1 aromatic heterocycles. The van der Waals surface area contributed by atoms with Crippen LogP contribution in [0.15, 0.2) is 41.4 Å². The summed E-state index contributed by atoms with van der Waals surface area (Å²) in [5.41, 5.74) is 12.0. The molecule has 122 valence electrons. The van der Waals surface area contributed by atoms with Crippen LogP contribution in [0.4, 0.5) is 0 Å². The van der Waals surface area contributed by atoms with Gasteiger partial charge in [-0.15, -0.1) is 0 Å². The van der Waals surface area contributed by atoms with Gasteiger partial charge < -0.3 is 9.99 Å². The number of fused-ring (bicyclic) bond motifs is 5. The molecular formula is C17H24N6. The molecule has 0 bridgehead atoms. The monoisotopic (exact) mass is 312 g/mol. The van der Waals surface area contributed by atoms with Crippen molar-refractivity contribution in [2.24, 2.45) is 5.10 Å². The minimum absolute atomic E-state index is 0.182. The molecule has 6 heteroatoms. The maximum Gasteiger partial charge on any atom is 0.179 e. The van der Waals surface area contributed by atoms with Crippen molar-refractivity contribution in [3.05, 3.63) is 42.0 Å². The molecule has 4 heterocycles. The Balaban J connectivity index is 1.90. The van der Waals surface area contributed by atoms with Gasteiger partial charge in [0.05, 0.1) is 11.2 Å². The topological polar surface area (TPSA) is 56.6 Å². The molecule has 3 aliphatic rings. The summed E-state index contributed by atoms with van der Waals surface area (Å²) in [5.74, 6) is 1.98. The van der Waals surface area contributed by atoms with Crippen LogP contribution < -0.4 is 16.3 Å². The van der Waals surface area contributed by atoms with Gasteiger partial charge in [0.1, 0.15) is 11.5 Å². The lowest BCUT2D eigenvalue weighted by Gasteiger charge is -2.36. The number of hydrazone groups is 1. The number of rotatable bonds is 2. The van der Waals surface area contributed by atoms with Gasteiger partial charge in [-0.2, -0.15) is 5.10 Å². The molecule has 23 heavy (non-hydrogen) atoms. The molecule has 0 saturated carbocycles. The second-order valence-electron chi connectivity index (χ2n) is 6.81. The number of nitrogens with one attached hydrogen (secondary N) is 3. The normalized spacial score (nSPS) is 31.7. The van der Waals surface area contributed by atoms with Crippen molar-refractivity contribution in [1.29, 1.82) is 0 Å². The summed E-state index contributed by atoms with van der Waals surface area (Å²) in [7, 11) is 0. The second-order valence-corrected chi connectivity index (χ2v) is 6.81. The summed E-state index contributed by atoms with van der Waals surface area (Å²) in [4.78, 5) is 2.25. The van der Waals surface area contributed by atoms with Gasteiger partial charge in [-0.1, -0.05) is 13.8 Å². The fourth-order valence-electron chi connectivity index (χ4n) is 3.46. The standard InChI is InChI=1S/C17H24N6/c1-5-16(3)13-8-7-11-22(13)12-9-10-14-18-21-17(4,6-2)23(14)15(12)19-20-16/h7-11,18,20-21H,5-6H2,1-4H3/t16-,17+/m0/s1. The van der Waals surface area contributed by atoms with E-state index in [-0.39, 0.29) is 11.2 Å². The maximum absolute atomic E-state index is 4.82. The lowest BCUT2D eigenvalue weighted by molar-refractivity contribution is 0.231. The van der Waals surface area contributed by atoms with Crippen LogP contribution in [0.5, 0.6) is 0 Å². The van der Waals surface area contributed by atoms with Gasteiger partial charge in [0.25, 0.3) is 0 Å². The molecule has 2 atom stereocenters. The van der Waals surface area contributed by atoms with Crippen LogP contribution in [0, 0.1) is 0 Å². The van der Waals surface area contributed by atoms with Crippen molar-refractivity contribution in [1.82, 2.24) is 25.7 Å². The summed E-state index contributed by atoms with van der Waals surface area (Å²) in [6.07, 6.45) is 8.28. The number of amidine groups is 1. The molecule has 1 saturated heterocycles. The Kier molecular flexibility index (Phi) is 2.90. The Morgan fingerprint density at radius 1 is 1.17 bits per heavy atom. The first-order valence-electron chi connectivity index (χ1n) is 8.31. The number of allylic oxidation sites excluding steroid dienone is 2. The highest BCUT2D eigenvalue weighted by molar-refractivity contribution is 6.19. The van der Waals surface area contributed by atoms with Crippen LogP contribution in [0.3, 0.4) is 0 Å². The van der Waals surface area contributed by atoms with Crippen LogP contribution in [0.25, 0.3) is 5.70 Å². The van der Waals surface area contributed by atoms with Gasteiger partial charge in [-0.05, 0) is 51.0 Å². The Labute approximate surface area is 136 Å². The van der Waals surface area contributed by atoms with E-state index in [0.29, 0.717) is 0 Å². The van der Waals surface area contributed by atoms with E-state index >= 15 is 0 Å². The quantitative estimate of drug-likeness (QED) is 0.784. The molecule has 0 unspecified atom stereocenters. The number of aromatic nitrogens is 1. The highest BCUT2D eigenvalue weighted by Gasteiger charge is 2.45. The largest absolute Gasteiger partial charge is 0.315 e. The van der Waals surface area contributed by atoms with Gasteiger partial charge >= 0.3 is 0 Å². The Bertz CT molecular complexity index is 742. The lowest BCUT2D eigenvalue weighted by Crippen LogP contribution is -2.52. The summed E-state index contributed by atoms with van der Waals surface area (Å²) in [6.45, 7) is 8.76. The van der Waals surface area contributed by atoms with Crippen LogP contribution in [0.1, 0.15) is 46.2 Å². The molecule has 0 amide bonds. The lowest BCUT2D eigenvalue weighted by atomic mass is 9.95. The third kappa shape index (κ3) is 1.81. The van der Waals surface area contributed by atoms with E-state index in [1.165, 1.54) is 5.69 Å². The zero-order chi connectivity index (χ0) is 16.2. The maximum atomic E-state index is 4.82. The van der Waals surface area contributed by atoms with E-state index in [4.69, 9.17) is 5.10 Å². The number of nitrogens with zero attached hydrogens (tertiary/aromatic N) is 3. The van der Waals surface area contributed by atoms with Crippen molar-refractivity contribution in [2.45, 2.75) is 51.7 Å².